The van der Waals surface area contributed by atoms with E-state index in [9.17, 15) is 39.5 Å². The highest BCUT2D eigenvalue weighted by Gasteiger charge is 2.46. The molecule has 138 valence electrons. The molecule has 0 aliphatic heterocycles. The van der Waals surface area contributed by atoms with E-state index in [1.165, 1.54) is 13.8 Å². The first-order valence-corrected chi connectivity index (χ1v) is 6.67. The molecule has 1 aromatic rings. The van der Waals surface area contributed by atoms with Crippen molar-refractivity contribution < 1.29 is 39.5 Å². The third-order valence-electron chi connectivity index (χ3n) is 3.41. The Labute approximate surface area is 131 Å². The second kappa shape index (κ2) is 6.45. The van der Waals surface area contributed by atoms with E-state index in [1.54, 1.807) is 0 Å². The number of hydrogen-bond acceptors (Lipinski definition) is 1. The molecule has 0 spiro atoms. The minimum absolute atomic E-state index is 0.280. The largest absolute Gasteiger partial charge is 0.416 e. The predicted molar refractivity (Wildman–Crippen MR) is 68.1 cm³/mol. The van der Waals surface area contributed by atoms with Crippen LogP contribution in [0.25, 0.3) is 0 Å². The molecule has 1 rings (SSSR count). The van der Waals surface area contributed by atoms with E-state index in [0.717, 1.165) is 7.05 Å². The fourth-order valence-corrected chi connectivity index (χ4v) is 2.43. The summed E-state index contributed by atoms with van der Waals surface area (Å²) >= 11 is 0. The first-order valence-electron chi connectivity index (χ1n) is 6.67. The molecule has 0 aromatic heterocycles. The van der Waals surface area contributed by atoms with Gasteiger partial charge in [-0.1, -0.05) is 13.8 Å². The van der Waals surface area contributed by atoms with Gasteiger partial charge >= 0.3 is 18.5 Å². The van der Waals surface area contributed by atoms with Crippen molar-refractivity contribution in [3.63, 3.8) is 0 Å². The molecule has 1 atom stereocenters. The molecule has 0 aliphatic rings. The summed E-state index contributed by atoms with van der Waals surface area (Å²) in [5.74, 6) is -0.728. The summed E-state index contributed by atoms with van der Waals surface area (Å²) in [6.45, 7) is 2.72. The zero-order valence-corrected chi connectivity index (χ0v) is 12.7. The molecule has 1 N–H and O–H groups in total. The second-order valence-corrected chi connectivity index (χ2v) is 5.49. The molecule has 0 saturated heterocycles. The lowest BCUT2D eigenvalue weighted by molar-refractivity contribution is -0.149. The fourth-order valence-electron chi connectivity index (χ4n) is 2.43. The van der Waals surface area contributed by atoms with Crippen LogP contribution in [0.2, 0.25) is 0 Å². The topological polar surface area (TPSA) is 12.0 Å². The number of alkyl halides is 9. The van der Waals surface area contributed by atoms with Gasteiger partial charge in [-0.25, -0.2) is 0 Å². The highest BCUT2D eigenvalue weighted by Crippen LogP contribution is 2.46. The van der Waals surface area contributed by atoms with E-state index in [-0.39, 0.29) is 12.1 Å². The quantitative estimate of drug-likeness (QED) is 0.680. The molecule has 10 heteroatoms. The molecule has 0 fully saturated rings. The Bertz CT molecular complexity index is 546. The lowest BCUT2D eigenvalue weighted by atomic mass is 9.86. The van der Waals surface area contributed by atoms with Crippen LogP contribution in [-0.4, -0.2) is 7.05 Å². The van der Waals surface area contributed by atoms with Crippen LogP contribution in [0.3, 0.4) is 0 Å². The van der Waals surface area contributed by atoms with Crippen LogP contribution in [-0.2, 0) is 18.5 Å². The van der Waals surface area contributed by atoms with Crippen LogP contribution in [0, 0.1) is 5.92 Å². The van der Waals surface area contributed by atoms with Crippen molar-refractivity contribution in [3.8, 4) is 0 Å². The molecule has 0 saturated carbocycles. The van der Waals surface area contributed by atoms with Gasteiger partial charge in [0.05, 0.1) is 16.7 Å². The Kier molecular flexibility index (Phi) is 5.54. The van der Waals surface area contributed by atoms with E-state index in [4.69, 9.17) is 0 Å². The highest BCUT2D eigenvalue weighted by atomic mass is 19.4. The van der Waals surface area contributed by atoms with E-state index < -0.39 is 52.7 Å². The molecule has 0 heterocycles. The number of hydrogen-bond donors (Lipinski definition) is 1. The summed E-state index contributed by atoms with van der Waals surface area (Å²) in [7, 11) is 1.14. The molecule has 0 amide bonds. The molecule has 0 radical (unpaired) electrons. The predicted octanol–water partition coefficient (Wildman–Crippen LogP) is 5.66. The van der Waals surface area contributed by atoms with Crippen molar-refractivity contribution in [2.45, 2.75) is 38.4 Å². The van der Waals surface area contributed by atoms with Gasteiger partial charge in [-0.15, -0.1) is 0 Å². The number of nitrogens with one attached hydrogen (secondary N) is 1. The third kappa shape index (κ3) is 4.34. The molecular weight excluding hydrogens is 353 g/mol. The van der Waals surface area contributed by atoms with Crippen LogP contribution < -0.4 is 5.32 Å². The van der Waals surface area contributed by atoms with Gasteiger partial charge in [-0.2, -0.15) is 39.5 Å². The molecule has 1 aromatic carbocycles. The Morgan fingerprint density at radius 2 is 1.12 bits per heavy atom. The van der Waals surface area contributed by atoms with Gasteiger partial charge in [0.2, 0.25) is 0 Å². The minimum atomic E-state index is -5.37. The standard InChI is InChI=1S/C14H14F9N/c1-6(2)11(24-3)10-8(13(18,19)20)4-7(12(15,16)17)5-9(10)14(21,22)23/h4-6,11,24H,1-3H3. The summed E-state index contributed by atoms with van der Waals surface area (Å²) in [5.41, 5.74) is -7.12. The summed E-state index contributed by atoms with van der Waals surface area (Å²) in [6, 6.07) is -1.99. The highest BCUT2D eigenvalue weighted by molar-refractivity contribution is 5.45. The smallest absolute Gasteiger partial charge is 0.313 e. The van der Waals surface area contributed by atoms with Crippen LogP contribution in [0.4, 0.5) is 39.5 Å². The van der Waals surface area contributed by atoms with E-state index in [1.807, 2.05) is 0 Å². The number of rotatable bonds is 3. The van der Waals surface area contributed by atoms with Gasteiger partial charge in [-0.05, 0) is 30.7 Å². The monoisotopic (exact) mass is 367 g/mol. The zero-order chi connectivity index (χ0) is 19.1. The first kappa shape index (κ1) is 20.6. The first-order chi connectivity index (χ1) is 10.6. The van der Waals surface area contributed by atoms with Gasteiger partial charge in [0.25, 0.3) is 0 Å². The molecule has 24 heavy (non-hydrogen) atoms. The summed E-state index contributed by atoms with van der Waals surface area (Å²) < 4.78 is 117. The van der Waals surface area contributed by atoms with E-state index in [0.29, 0.717) is 0 Å². The average molecular weight is 367 g/mol. The Morgan fingerprint density at radius 3 is 1.33 bits per heavy atom. The number of benzene rings is 1. The van der Waals surface area contributed by atoms with Gasteiger partial charge in [0.15, 0.2) is 0 Å². The molecule has 1 unspecified atom stereocenters. The van der Waals surface area contributed by atoms with Gasteiger partial charge in [-0.3, -0.25) is 0 Å². The van der Waals surface area contributed by atoms with Crippen LogP contribution >= 0.6 is 0 Å². The van der Waals surface area contributed by atoms with Gasteiger partial charge < -0.3 is 5.32 Å². The Hall–Kier alpha value is -1.45. The third-order valence-corrected chi connectivity index (χ3v) is 3.41. The minimum Gasteiger partial charge on any atom is -0.313 e. The number of halogens is 9. The summed E-state index contributed by atoms with van der Waals surface area (Å²) in [5, 5.41) is 2.32. The Morgan fingerprint density at radius 1 is 0.750 bits per heavy atom. The fraction of sp³-hybridized carbons (Fsp3) is 0.571. The maximum Gasteiger partial charge on any atom is 0.416 e. The maximum atomic E-state index is 13.2. The van der Waals surface area contributed by atoms with Gasteiger partial charge in [0, 0.05) is 6.04 Å². The Balaban J connectivity index is 3.95. The molecular formula is C14H14F9N. The van der Waals surface area contributed by atoms with Crippen molar-refractivity contribution >= 4 is 0 Å². The van der Waals surface area contributed by atoms with Crippen molar-refractivity contribution in [2.75, 3.05) is 7.05 Å². The normalized spacial score (nSPS) is 15.0. The van der Waals surface area contributed by atoms with Crippen LogP contribution in [0.15, 0.2) is 12.1 Å². The average Bonchev–Trinajstić information content (AvgIpc) is 2.35. The van der Waals surface area contributed by atoms with Crippen molar-refractivity contribution in [1.29, 1.82) is 0 Å². The summed E-state index contributed by atoms with van der Waals surface area (Å²) in [6.07, 6.45) is -16.1. The van der Waals surface area contributed by atoms with Crippen LogP contribution in [0.5, 0.6) is 0 Å². The zero-order valence-electron chi connectivity index (χ0n) is 12.7. The lowest BCUT2D eigenvalue weighted by Gasteiger charge is -2.29. The molecule has 0 aliphatic carbocycles. The van der Waals surface area contributed by atoms with E-state index >= 15 is 0 Å². The van der Waals surface area contributed by atoms with E-state index in [2.05, 4.69) is 5.32 Å². The lowest BCUT2D eigenvalue weighted by Crippen LogP contribution is -2.29. The van der Waals surface area contributed by atoms with Crippen molar-refractivity contribution in [3.05, 3.63) is 34.4 Å². The van der Waals surface area contributed by atoms with Gasteiger partial charge in [0.1, 0.15) is 0 Å². The van der Waals surface area contributed by atoms with Crippen molar-refractivity contribution in [2.24, 2.45) is 5.92 Å². The van der Waals surface area contributed by atoms with Crippen molar-refractivity contribution in [1.82, 2.24) is 5.32 Å². The molecule has 1 nitrogen and oxygen atoms in total. The second-order valence-electron chi connectivity index (χ2n) is 5.49. The summed E-state index contributed by atoms with van der Waals surface area (Å²) in [4.78, 5) is 0. The molecule has 0 bridgehead atoms. The van der Waals surface area contributed by atoms with Crippen LogP contribution in [0.1, 0.15) is 42.1 Å². The maximum absolute atomic E-state index is 13.2. The SMILES string of the molecule is CNC(c1c(C(F)(F)F)cc(C(F)(F)F)cc1C(F)(F)F)C(C)C.